The predicted octanol–water partition coefficient (Wildman–Crippen LogP) is 3.60. The highest BCUT2D eigenvalue weighted by molar-refractivity contribution is 5.69. The van der Waals surface area contributed by atoms with Gasteiger partial charge in [0.1, 0.15) is 11.8 Å². The van der Waals surface area contributed by atoms with E-state index in [1.165, 1.54) is 16.7 Å². The molecule has 37 heavy (non-hydrogen) atoms. The molecule has 0 spiro atoms. The maximum Gasteiger partial charge on any atom is 0.522 e. The summed E-state index contributed by atoms with van der Waals surface area (Å²) < 4.78 is 68.4. The summed E-state index contributed by atoms with van der Waals surface area (Å²) in [6.45, 7) is 0.844. The maximum absolute atomic E-state index is 15.1. The first-order valence-electron chi connectivity index (χ1n) is 11.7. The normalized spacial score (nSPS) is 28.6. The lowest BCUT2D eigenvalue weighted by Crippen LogP contribution is -2.68. The summed E-state index contributed by atoms with van der Waals surface area (Å²) >= 11 is 0. The number of alkyl halides is 4. The molecule has 3 atom stereocenters. The van der Waals surface area contributed by atoms with Gasteiger partial charge in [0.25, 0.3) is 0 Å². The van der Waals surface area contributed by atoms with Crippen LogP contribution in [-0.4, -0.2) is 61.4 Å². The van der Waals surface area contributed by atoms with E-state index in [1.807, 2.05) is 0 Å². The molecule has 3 aromatic heterocycles. The van der Waals surface area contributed by atoms with Crippen molar-refractivity contribution in [3.8, 4) is 0 Å². The van der Waals surface area contributed by atoms with E-state index >= 15 is 4.39 Å². The second-order valence-corrected chi connectivity index (χ2v) is 9.78. The number of carbonyl (C=O) groups excluding carboxylic acids is 1. The van der Waals surface area contributed by atoms with Crippen LogP contribution in [0.2, 0.25) is 0 Å². The van der Waals surface area contributed by atoms with Crippen LogP contribution in [0.25, 0.3) is 5.65 Å². The Bertz CT molecular complexity index is 1330. The van der Waals surface area contributed by atoms with Crippen LogP contribution in [-0.2, 0) is 20.8 Å². The van der Waals surface area contributed by atoms with Crippen molar-refractivity contribution in [2.24, 2.45) is 5.92 Å². The SMILES string of the molecule is Cc1cc2nc(COC(F)(F)F)cn2c(Nc2cc([C@H]3OC[C@@H](OC(=O)NC45CC(C4)C5)[C@@H]3F)[nH]n2)n1. The van der Waals surface area contributed by atoms with E-state index in [4.69, 9.17) is 9.47 Å². The number of alkyl carbamates (subject to hydrolysis) is 1. The molecule has 4 fully saturated rings. The molecule has 11 nitrogen and oxygen atoms in total. The second kappa shape index (κ2) is 8.55. The lowest BCUT2D eigenvalue weighted by atomic mass is 9.50. The van der Waals surface area contributed by atoms with Crippen molar-refractivity contribution in [1.82, 2.24) is 29.9 Å². The molecular formula is C22H23F4N7O4. The highest BCUT2D eigenvalue weighted by Crippen LogP contribution is 2.57. The molecule has 198 valence electrons. The van der Waals surface area contributed by atoms with E-state index in [1.54, 1.807) is 13.0 Å². The maximum atomic E-state index is 15.1. The van der Waals surface area contributed by atoms with Crippen molar-refractivity contribution < 1.29 is 36.6 Å². The number of H-pyrrole nitrogens is 1. The second-order valence-electron chi connectivity index (χ2n) is 9.78. The number of halogens is 4. The number of carbonyl (C=O) groups is 1. The number of hydrogen-bond acceptors (Lipinski definition) is 8. The fourth-order valence-electron chi connectivity index (χ4n) is 5.08. The molecule has 3 N–H and O–H groups in total. The van der Waals surface area contributed by atoms with Crippen LogP contribution in [0.15, 0.2) is 18.3 Å². The number of aromatic amines is 1. The van der Waals surface area contributed by atoms with Crippen molar-refractivity contribution in [3.63, 3.8) is 0 Å². The van der Waals surface area contributed by atoms with Crippen LogP contribution in [0.4, 0.5) is 34.1 Å². The van der Waals surface area contributed by atoms with Crippen molar-refractivity contribution in [1.29, 1.82) is 0 Å². The van der Waals surface area contributed by atoms with Gasteiger partial charge in [-0.2, -0.15) is 5.10 Å². The monoisotopic (exact) mass is 525 g/mol. The minimum Gasteiger partial charge on any atom is -0.441 e. The molecule has 4 heterocycles. The van der Waals surface area contributed by atoms with Crippen molar-refractivity contribution in [2.45, 2.75) is 63.1 Å². The Labute approximate surface area is 206 Å². The minimum atomic E-state index is -4.78. The van der Waals surface area contributed by atoms with Gasteiger partial charge in [-0.15, -0.1) is 13.2 Å². The minimum absolute atomic E-state index is 0.0548. The first-order chi connectivity index (χ1) is 17.6. The molecule has 0 unspecified atom stereocenters. The lowest BCUT2D eigenvalue weighted by Gasteiger charge is -2.61. The van der Waals surface area contributed by atoms with Crippen LogP contribution in [0.5, 0.6) is 0 Å². The fraction of sp³-hybridized carbons (Fsp3) is 0.545. The zero-order valence-corrected chi connectivity index (χ0v) is 19.5. The number of nitrogens with one attached hydrogen (secondary N) is 3. The van der Waals surface area contributed by atoms with E-state index in [0.29, 0.717) is 23.0 Å². The number of amides is 1. The highest BCUT2D eigenvalue weighted by Gasteiger charge is 2.58. The van der Waals surface area contributed by atoms with Crippen molar-refractivity contribution in [2.75, 3.05) is 11.9 Å². The van der Waals surface area contributed by atoms with E-state index in [-0.39, 0.29) is 29.6 Å². The Kier molecular flexibility index (Phi) is 5.52. The summed E-state index contributed by atoms with van der Waals surface area (Å²) in [6.07, 6.45) is -4.93. The van der Waals surface area contributed by atoms with E-state index in [2.05, 4.69) is 35.5 Å². The first-order valence-corrected chi connectivity index (χ1v) is 11.7. The number of aromatic nitrogens is 5. The summed E-state index contributed by atoms with van der Waals surface area (Å²) in [6, 6.07) is 3.12. The molecular weight excluding hydrogens is 502 g/mol. The van der Waals surface area contributed by atoms with Crippen LogP contribution in [0.3, 0.4) is 0 Å². The Hall–Kier alpha value is -3.46. The molecule has 7 rings (SSSR count). The topological polar surface area (TPSA) is 128 Å². The number of nitrogens with zero attached hydrogens (tertiary/aromatic N) is 4. The summed E-state index contributed by atoms with van der Waals surface area (Å²) in [7, 11) is 0. The van der Waals surface area contributed by atoms with Gasteiger partial charge in [-0.1, -0.05) is 0 Å². The average Bonchev–Trinajstić information content (AvgIpc) is 3.47. The van der Waals surface area contributed by atoms with E-state index < -0.39 is 37.4 Å². The van der Waals surface area contributed by atoms with Crippen molar-refractivity contribution >= 4 is 23.5 Å². The summed E-state index contributed by atoms with van der Waals surface area (Å²) in [4.78, 5) is 20.7. The molecule has 15 heteroatoms. The number of rotatable bonds is 7. The molecule has 1 saturated heterocycles. The largest absolute Gasteiger partial charge is 0.522 e. The van der Waals surface area contributed by atoms with Gasteiger partial charge < -0.3 is 20.1 Å². The number of ether oxygens (including phenoxy) is 3. The fourth-order valence-corrected chi connectivity index (χ4v) is 5.08. The molecule has 3 aromatic rings. The van der Waals surface area contributed by atoms with Gasteiger partial charge in [-0.3, -0.25) is 14.2 Å². The molecule has 0 radical (unpaired) electrons. The van der Waals surface area contributed by atoms with Gasteiger partial charge in [-0.25, -0.2) is 19.2 Å². The molecule has 1 aliphatic heterocycles. The summed E-state index contributed by atoms with van der Waals surface area (Å²) in [5.74, 6) is 1.18. The van der Waals surface area contributed by atoms with Crippen LogP contribution < -0.4 is 10.6 Å². The number of fused-ring (bicyclic) bond motifs is 1. The number of hydrogen-bond donors (Lipinski definition) is 3. The van der Waals surface area contributed by atoms with Gasteiger partial charge >= 0.3 is 12.5 Å². The van der Waals surface area contributed by atoms with E-state index in [9.17, 15) is 18.0 Å². The molecule has 3 saturated carbocycles. The van der Waals surface area contributed by atoms with Gasteiger partial charge in [0, 0.05) is 29.6 Å². The predicted molar refractivity (Wildman–Crippen MR) is 118 cm³/mol. The Morgan fingerprint density at radius 2 is 2.08 bits per heavy atom. The average molecular weight is 525 g/mol. The molecule has 2 bridgehead atoms. The van der Waals surface area contributed by atoms with Crippen LogP contribution in [0.1, 0.15) is 42.4 Å². The molecule has 4 aliphatic rings. The number of anilines is 2. The van der Waals surface area contributed by atoms with Gasteiger partial charge in [0.05, 0.1) is 24.6 Å². The number of aryl methyl sites for hydroxylation is 1. The standard InChI is InChI=1S/C22H23F4N7O4/c1-10-2-16-28-12(8-36-22(24,25)26)7-33(16)19(27-10)29-15-3-13(31-32-15)18-17(23)14(9-35-18)37-20(34)30-21-4-11(5-21)6-21/h2-3,7,11,14,17-18H,4-6,8-9H2,1H3,(H,30,34)(H2,27,29,31,32)/t11?,14-,17+,18-,21?/m1/s1. The third-order valence-electron chi connectivity index (χ3n) is 6.91. The lowest BCUT2D eigenvalue weighted by molar-refractivity contribution is -0.330. The molecule has 0 aromatic carbocycles. The van der Waals surface area contributed by atoms with Gasteiger partial charge in [0.2, 0.25) is 5.95 Å². The van der Waals surface area contributed by atoms with E-state index in [0.717, 1.165) is 19.3 Å². The Morgan fingerprint density at radius 1 is 1.30 bits per heavy atom. The Morgan fingerprint density at radius 3 is 2.78 bits per heavy atom. The molecule has 3 aliphatic carbocycles. The molecule has 1 amide bonds. The number of imidazole rings is 1. The highest BCUT2D eigenvalue weighted by atomic mass is 19.4. The smallest absolute Gasteiger partial charge is 0.441 e. The quantitative estimate of drug-likeness (QED) is 0.400. The van der Waals surface area contributed by atoms with Crippen LogP contribution >= 0.6 is 0 Å². The summed E-state index contributed by atoms with van der Waals surface area (Å²) in [5, 5.41) is 12.6. The third-order valence-corrected chi connectivity index (χ3v) is 6.91. The van der Waals surface area contributed by atoms with Crippen LogP contribution in [0, 0.1) is 12.8 Å². The van der Waals surface area contributed by atoms with Gasteiger partial charge in [-0.05, 0) is 32.1 Å². The zero-order chi connectivity index (χ0) is 25.9. The summed E-state index contributed by atoms with van der Waals surface area (Å²) in [5.41, 5.74) is 1.10. The Balaban J connectivity index is 1.11. The van der Waals surface area contributed by atoms with Crippen molar-refractivity contribution in [3.05, 3.63) is 35.4 Å². The third kappa shape index (κ3) is 4.68. The first kappa shape index (κ1) is 23.9. The van der Waals surface area contributed by atoms with Gasteiger partial charge in [0.15, 0.2) is 18.1 Å². The zero-order valence-electron chi connectivity index (χ0n) is 19.5.